The molecule has 1 heterocycles. The van der Waals surface area contributed by atoms with Crippen LogP contribution in [0.2, 0.25) is 5.04 Å². The number of hydrogen-bond donors (Lipinski definition) is 1. The number of rotatable bonds is 9. The Hall–Kier alpha value is -4.07. The van der Waals surface area contributed by atoms with Crippen molar-refractivity contribution in [2.75, 3.05) is 12.3 Å². The summed E-state index contributed by atoms with van der Waals surface area (Å²) in [6.45, 7) is 9.61. The van der Waals surface area contributed by atoms with Crippen molar-refractivity contribution >= 4 is 24.6 Å². The van der Waals surface area contributed by atoms with Crippen molar-refractivity contribution < 1.29 is 8.82 Å². The number of anilines is 1. The van der Waals surface area contributed by atoms with Crippen LogP contribution in [0.1, 0.15) is 45.0 Å². The molecule has 0 aliphatic rings. The fourth-order valence-electron chi connectivity index (χ4n) is 5.57. The van der Waals surface area contributed by atoms with E-state index in [0.29, 0.717) is 30.5 Å². The van der Waals surface area contributed by atoms with Crippen LogP contribution in [-0.2, 0) is 11.0 Å². The van der Waals surface area contributed by atoms with Crippen LogP contribution in [-0.4, -0.2) is 29.7 Å². The Morgan fingerprint density at radius 3 is 1.95 bits per heavy atom. The molecule has 0 bridgehead atoms. The molecule has 1 unspecified atom stereocenters. The van der Waals surface area contributed by atoms with E-state index >= 15 is 4.39 Å². The Morgan fingerprint density at radius 2 is 1.41 bits per heavy atom. The summed E-state index contributed by atoms with van der Waals surface area (Å²) in [5, 5.41) is 7.04. The average molecular weight is 565 g/mol. The predicted molar refractivity (Wildman–Crippen MR) is 167 cm³/mol. The fraction of sp³-hybridized carbons (Fsp3) is 0.235. The Bertz CT molecular complexity index is 1540. The maximum atomic E-state index is 15.1. The van der Waals surface area contributed by atoms with E-state index in [2.05, 4.69) is 74.3 Å². The van der Waals surface area contributed by atoms with Crippen molar-refractivity contribution in [2.45, 2.75) is 45.2 Å². The monoisotopic (exact) mass is 564 g/mol. The van der Waals surface area contributed by atoms with E-state index in [1.54, 1.807) is 10.7 Å². The Morgan fingerprint density at radius 1 is 0.854 bits per heavy atom. The molecule has 0 amide bonds. The maximum absolute atomic E-state index is 15.1. The molecule has 0 saturated heterocycles. The van der Waals surface area contributed by atoms with Gasteiger partial charge in [0, 0.05) is 11.5 Å². The third-order valence-corrected chi connectivity index (χ3v) is 12.8. The molecular formula is C34H37FN4OSi. The molecule has 0 aliphatic heterocycles. The van der Waals surface area contributed by atoms with Crippen LogP contribution in [0.15, 0.2) is 109 Å². The first-order valence-corrected chi connectivity index (χ1v) is 15.9. The number of nitrogen functional groups attached to an aromatic ring is 1. The Kier molecular flexibility index (Phi) is 8.19. The molecule has 7 heteroatoms. The normalized spacial score (nSPS) is 12.8. The average Bonchev–Trinajstić information content (AvgIpc) is 3.35. The summed E-state index contributed by atoms with van der Waals surface area (Å²) in [4.78, 5) is 4.54. The van der Waals surface area contributed by atoms with Gasteiger partial charge >= 0.3 is 0 Å². The van der Waals surface area contributed by atoms with Gasteiger partial charge in [0.05, 0.1) is 13.2 Å². The summed E-state index contributed by atoms with van der Waals surface area (Å²) >= 11 is 0. The van der Waals surface area contributed by atoms with Gasteiger partial charge in [0.25, 0.3) is 8.32 Å². The summed E-state index contributed by atoms with van der Waals surface area (Å²) < 4.78 is 23.8. The van der Waals surface area contributed by atoms with E-state index in [1.165, 1.54) is 10.4 Å². The van der Waals surface area contributed by atoms with Crippen LogP contribution in [0, 0.1) is 5.82 Å². The molecule has 0 spiro atoms. The summed E-state index contributed by atoms with van der Waals surface area (Å²) in [6, 6.07) is 35.9. The molecule has 2 N–H and O–H groups in total. The van der Waals surface area contributed by atoms with Gasteiger partial charge in [-0.1, -0.05) is 131 Å². The number of hydrogen-bond acceptors (Lipinski definition) is 4. The summed E-state index contributed by atoms with van der Waals surface area (Å²) in [7, 11) is -2.67. The zero-order chi connectivity index (χ0) is 29.0. The van der Waals surface area contributed by atoms with Crippen LogP contribution in [0.5, 0.6) is 0 Å². The first kappa shape index (κ1) is 28.5. The molecule has 0 saturated carbocycles. The third kappa shape index (κ3) is 5.73. The number of nitrogens with two attached hydrogens (primary N) is 1. The SMILES string of the molecule is CC(c1ccc(-c2ccccc2)c(F)c1)c1nc(N)n(CCO[Si](c2ccccc2)(c2ccccc2)C(C)(C)C)n1. The van der Waals surface area contributed by atoms with E-state index in [1.807, 2.05) is 61.5 Å². The lowest BCUT2D eigenvalue weighted by Crippen LogP contribution is -2.66. The van der Waals surface area contributed by atoms with Crippen molar-refractivity contribution in [1.29, 1.82) is 0 Å². The Balaban J connectivity index is 1.37. The molecule has 5 rings (SSSR count). The number of benzene rings is 4. The molecule has 4 aromatic carbocycles. The number of halogens is 1. The minimum Gasteiger partial charge on any atom is -0.406 e. The molecule has 210 valence electrons. The van der Waals surface area contributed by atoms with Gasteiger partial charge in [0.2, 0.25) is 5.95 Å². The van der Waals surface area contributed by atoms with Crippen LogP contribution in [0.4, 0.5) is 10.3 Å². The molecule has 41 heavy (non-hydrogen) atoms. The van der Waals surface area contributed by atoms with E-state index in [-0.39, 0.29) is 16.8 Å². The van der Waals surface area contributed by atoms with Crippen molar-refractivity contribution in [3.63, 3.8) is 0 Å². The van der Waals surface area contributed by atoms with E-state index in [0.717, 1.165) is 11.1 Å². The first-order chi connectivity index (χ1) is 19.7. The highest BCUT2D eigenvalue weighted by Crippen LogP contribution is 2.37. The largest absolute Gasteiger partial charge is 0.406 e. The smallest absolute Gasteiger partial charge is 0.261 e. The van der Waals surface area contributed by atoms with Gasteiger partial charge in [-0.15, -0.1) is 0 Å². The second kappa shape index (κ2) is 11.8. The maximum Gasteiger partial charge on any atom is 0.261 e. The minimum atomic E-state index is -2.67. The van der Waals surface area contributed by atoms with Gasteiger partial charge in [0.15, 0.2) is 5.82 Å². The van der Waals surface area contributed by atoms with Gasteiger partial charge in [-0.2, -0.15) is 10.1 Å². The van der Waals surface area contributed by atoms with Gasteiger partial charge in [-0.05, 0) is 32.6 Å². The van der Waals surface area contributed by atoms with Gasteiger partial charge < -0.3 is 10.2 Å². The van der Waals surface area contributed by atoms with Crippen molar-refractivity contribution in [2.24, 2.45) is 0 Å². The zero-order valence-corrected chi connectivity index (χ0v) is 25.1. The zero-order valence-electron chi connectivity index (χ0n) is 24.1. The van der Waals surface area contributed by atoms with Crippen LogP contribution in [0.3, 0.4) is 0 Å². The van der Waals surface area contributed by atoms with Crippen molar-refractivity contribution in [3.8, 4) is 11.1 Å². The van der Waals surface area contributed by atoms with Gasteiger partial charge in [-0.3, -0.25) is 0 Å². The minimum absolute atomic E-state index is 0.126. The second-order valence-corrected chi connectivity index (χ2v) is 15.7. The summed E-state index contributed by atoms with van der Waals surface area (Å²) in [5.41, 5.74) is 8.52. The second-order valence-electron chi connectivity index (χ2n) is 11.4. The molecule has 5 aromatic rings. The van der Waals surface area contributed by atoms with Crippen molar-refractivity contribution in [1.82, 2.24) is 14.8 Å². The molecular weight excluding hydrogens is 527 g/mol. The number of aromatic nitrogens is 3. The highest BCUT2D eigenvalue weighted by Gasteiger charge is 2.50. The lowest BCUT2D eigenvalue weighted by Gasteiger charge is -2.43. The first-order valence-electron chi connectivity index (χ1n) is 14.0. The highest BCUT2D eigenvalue weighted by atomic mass is 28.4. The highest BCUT2D eigenvalue weighted by molar-refractivity contribution is 6.99. The van der Waals surface area contributed by atoms with E-state index in [4.69, 9.17) is 15.3 Å². The molecule has 0 radical (unpaired) electrons. The molecule has 1 aromatic heterocycles. The van der Waals surface area contributed by atoms with Crippen LogP contribution >= 0.6 is 0 Å². The van der Waals surface area contributed by atoms with E-state index in [9.17, 15) is 0 Å². The predicted octanol–water partition coefficient (Wildman–Crippen LogP) is 6.39. The van der Waals surface area contributed by atoms with Crippen molar-refractivity contribution in [3.05, 3.63) is 126 Å². The lowest BCUT2D eigenvalue weighted by molar-refractivity contribution is 0.275. The topological polar surface area (TPSA) is 66.0 Å². The lowest BCUT2D eigenvalue weighted by atomic mass is 9.96. The van der Waals surface area contributed by atoms with E-state index < -0.39 is 8.32 Å². The summed E-state index contributed by atoms with van der Waals surface area (Å²) in [6.07, 6.45) is 0. The van der Waals surface area contributed by atoms with Gasteiger partial charge in [0.1, 0.15) is 5.82 Å². The Labute approximate surface area is 243 Å². The quantitative estimate of drug-likeness (QED) is 0.211. The van der Waals surface area contributed by atoms with Crippen LogP contribution < -0.4 is 16.1 Å². The molecule has 5 nitrogen and oxygen atoms in total. The molecule has 0 aliphatic carbocycles. The third-order valence-electron chi connectivity index (χ3n) is 7.72. The van der Waals surface area contributed by atoms with Gasteiger partial charge in [-0.25, -0.2) is 9.07 Å². The standard InChI is InChI=1S/C34H37FN4OSi/c1-25(27-20-21-30(31(35)24-27)26-14-8-5-9-15-26)32-37-33(36)39(38-32)22-23-40-41(34(2,3)4,28-16-10-6-11-17-28)29-18-12-7-13-19-29/h5-21,24-25H,22-23H2,1-4H3,(H2,36,37,38). The summed E-state index contributed by atoms with van der Waals surface area (Å²) in [5.74, 6) is 0.376. The molecule has 1 atom stereocenters. The molecule has 0 fully saturated rings. The van der Waals surface area contributed by atoms with Crippen LogP contribution in [0.25, 0.3) is 11.1 Å². The fourth-order valence-corrected chi connectivity index (χ4v) is 10.1. The number of nitrogens with zero attached hydrogens (tertiary/aromatic N) is 3.